The molecule has 0 aliphatic heterocycles. The predicted octanol–water partition coefficient (Wildman–Crippen LogP) is 4.63. The summed E-state index contributed by atoms with van der Waals surface area (Å²) in [6.07, 6.45) is 0.834. The second-order valence-corrected chi connectivity index (χ2v) is 5.49. The summed E-state index contributed by atoms with van der Waals surface area (Å²) in [6, 6.07) is 19.7. The number of hydrogen-bond donors (Lipinski definition) is 0. The highest BCUT2D eigenvalue weighted by atomic mass is 32.1. The first kappa shape index (κ1) is 13.4. The van der Waals surface area contributed by atoms with Crippen molar-refractivity contribution in [1.82, 2.24) is 0 Å². The van der Waals surface area contributed by atoms with Gasteiger partial charge in [-0.1, -0.05) is 42.2 Å². The summed E-state index contributed by atoms with van der Waals surface area (Å²) in [4.78, 5) is 11.9. The summed E-state index contributed by atoms with van der Waals surface area (Å²) >= 11 is 1.73. The van der Waals surface area contributed by atoms with Crippen LogP contribution in [0.3, 0.4) is 0 Å². The number of aldehydes is 1. The molecule has 0 saturated carbocycles. The first-order valence-electron chi connectivity index (χ1n) is 6.56. The highest BCUT2D eigenvalue weighted by Gasteiger charge is 1.97. The monoisotopic (exact) mass is 288 g/mol. The van der Waals surface area contributed by atoms with Gasteiger partial charge in [-0.15, -0.1) is 11.3 Å². The van der Waals surface area contributed by atoms with Gasteiger partial charge in [0.05, 0.1) is 0 Å². The molecular weight excluding hydrogens is 276 g/mol. The number of thiophene rings is 1. The van der Waals surface area contributed by atoms with Gasteiger partial charge >= 0.3 is 0 Å². The van der Waals surface area contributed by atoms with Crippen molar-refractivity contribution < 1.29 is 4.79 Å². The Labute approximate surface area is 127 Å². The Morgan fingerprint density at radius 3 is 1.95 bits per heavy atom. The highest BCUT2D eigenvalue weighted by Crippen LogP contribution is 2.24. The van der Waals surface area contributed by atoms with Crippen LogP contribution < -0.4 is 0 Å². The molecule has 0 amide bonds. The smallest absolute Gasteiger partial charge is 0.150 e. The lowest BCUT2D eigenvalue weighted by Crippen LogP contribution is -1.80. The number of carbonyl (C=O) groups excluding carboxylic acids is 1. The molecule has 0 atom stereocenters. The number of rotatable bonds is 2. The molecule has 2 heteroatoms. The molecule has 1 aromatic heterocycles. The largest absolute Gasteiger partial charge is 0.298 e. The minimum atomic E-state index is 0.667. The maximum absolute atomic E-state index is 10.6. The van der Waals surface area contributed by atoms with Crippen LogP contribution in [0.4, 0.5) is 0 Å². The topological polar surface area (TPSA) is 17.1 Å². The van der Waals surface area contributed by atoms with E-state index in [1.165, 1.54) is 10.4 Å². The lowest BCUT2D eigenvalue weighted by Gasteiger charge is -1.97. The third kappa shape index (κ3) is 3.28. The fraction of sp³-hybridized carbons (Fsp3) is 0. The summed E-state index contributed by atoms with van der Waals surface area (Å²) in [6.45, 7) is 0. The van der Waals surface area contributed by atoms with Crippen LogP contribution in [0.5, 0.6) is 0 Å². The van der Waals surface area contributed by atoms with Crippen molar-refractivity contribution in [2.45, 2.75) is 0 Å². The Morgan fingerprint density at radius 1 is 0.810 bits per heavy atom. The Kier molecular flexibility index (Phi) is 3.95. The quantitative estimate of drug-likeness (QED) is 0.496. The minimum Gasteiger partial charge on any atom is -0.298 e. The number of hydrogen-bond acceptors (Lipinski definition) is 2. The molecular formula is C19H12OS. The lowest BCUT2D eigenvalue weighted by atomic mass is 10.1. The van der Waals surface area contributed by atoms with Crippen molar-refractivity contribution in [2.75, 3.05) is 0 Å². The Bertz CT molecular complexity index is 786. The van der Waals surface area contributed by atoms with Crippen LogP contribution in [0.15, 0.2) is 66.0 Å². The molecule has 2 aromatic carbocycles. The van der Waals surface area contributed by atoms with Crippen LogP contribution in [0.1, 0.15) is 21.5 Å². The van der Waals surface area contributed by atoms with Gasteiger partial charge in [-0.3, -0.25) is 4.79 Å². The zero-order valence-corrected chi connectivity index (χ0v) is 12.1. The summed E-state index contributed by atoms with van der Waals surface area (Å²) in [7, 11) is 0. The van der Waals surface area contributed by atoms with Crippen LogP contribution in [0.2, 0.25) is 0 Å². The zero-order valence-electron chi connectivity index (χ0n) is 11.2. The fourth-order valence-corrected chi connectivity index (χ4v) is 2.68. The second kappa shape index (κ2) is 6.21. The molecule has 100 valence electrons. The van der Waals surface area contributed by atoms with E-state index in [1.807, 2.05) is 24.3 Å². The van der Waals surface area contributed by atoms with Gasteiger partial charge in [0.25, 0.3) is 0 Å². The molecule has 0 aliphatic rings. The van der Waals surface area contributed by atoms with E-state index in [0.29, 0.717) is 5.56 Å². The number of benzene rings is 2. The molecule has 0 saturated heterocycles. The third-order valence-electron chi connectivity index (χ3n) is 3.09. The summed E-state index contributed by atoms with van der Waals surface area (Å²) in [5.41, 5.74) is 3.77. The van der Waals surface area contributed by atoms with E-state index >= 15 is 0 Å². The Hall–Kier alpha value is -2.63. The van der Waals surface area contributed by atoms with Gasteiger partial charge in [0.1, 0.15) is 6.29 Å². The van der Waals surface area contributed by atoms with Gasteiger partial charge in [-0.25, -0.2) is 0 Å². The maximum atomic E-state index is 10.6. The van der Waals surface area contributed by atoms with E-state index in [4.69, 9.17) is 0 Å². The molecule has 1 nitrogen and oxygen atoms in total. The fourth-order valence-electron chi connectivity index (χ4n) is 1.95. The minimum absolute atomic E-state index is 0.667. The molecule has 0 spiro atoms. The molecule has 0 aliphatic carbocycles. The van der Waals surface area contributed by atoms with Gasteiger partial charge < -0.3 is 0 Å². The van der Waals surface area contributed by atoms with Gasteiger partial charge in [0.2, 0.25) is 0 Å². The van der Waals surface area contributed by atoms with E-state index < -0.39 is 0 Å². The third-order valence-corrected chi connectivity index (χ3v) is 4.01. The molecule has 0 radical (unpaired) electrons. The second-order valence-electron chi connectivity index (χ2n) is 4.54. The maximum Gasteiger partial charge on any atom is 0.150 e. The van der Waals surface area contributed by atoms with Gasteiger partial charge in [0, 0.05) is 21.6 Å². The predicted molar refractivity (Wildman–Crippen MR) is 87.6 cm³/mol. The van der Waals surface area contributed by atoms with Crippen molar-refractivity contribution in [1.29, 1.82) is 0 Å². The summed E-state index contributed by atoms with van der Waals surface area (Å²) < 4.78 is 0. The van der Waals surface area contributed by atoms with Crippen LogP contribution in [0.25, 0.3) is 10.4 Å². The van der Waals surface area contributed by atoms with Crippen molar-refractivity contribution in [3.8, 4) is 22.3 Å². The van der Waals surface area contributed by atoms with Crippen LogP contribution in [-0.4, -0.2) is 6.29 Å². The normalized spacial score (nSPS) is 9.71. The van der Waals surface area contributed by atoms with Crippen molar-refractivity contribution in [2.24, 2.45) is 0 Å². The van der Waals surface area contributed by atoms with Crippen molar-refractivity contribution in [3.05, 3.63) is 82.7 Å². The van der Waals surface area contributed by atoms with Crippen LogP contribution in [-0.2, 0) is 0 Å². The van der Waals surface area contributed by atoms with Crippen LogP contribution >= 0.6 is 11.3 Å². The first-order chi connectivity index (χ1) is 10.3. The Balaban J connectivity index is 1.79. The van der Waals surface area contributed by atoms with Crippen molar-refractivity contribution >= 4 is 17.6 Å². The van der Waals surface area contributed by atoms with E-state index in [0.717, 1.165) is 17.4 Å². The van der Waals surface area contributed by atoms with Crippen molar-refractivity contribution in [3.63, 3.8) is 0 Å². The molecule has 0 N–H and O–H groups in total. The lowest BCUT2D eigenvalue weighted by molar-refractivity contribution is 0.112. The average molecular weight is 288 g/mol. The molecule has 0 fully saturated rings. The SMILES string of the molecule is O=Cc1ccc(C#Cc2ccc(-c3cccs3)cc2)cc1. The number of carbonyl (C=O) groups is 1. The standard InChI is InChI=1S/C19H12OS/c20-14-17-7-5-15(6-8-17)3-4-16-9-11-18(12-10-16)19-2-1-13-21-19/h1-2,5-14H. The van der Waals surface area contributed by atoms with E-state index in [-0.39, 0.29) is 0 Å². The molecule has 21 heavy (non-hydrogen) atoms. The zero-order chi connectivity index (χ0) is 14.5. The summed E-state index contributed by atoms with van der Waals surface area (Å²) in [5, 5.41) is 2.08. The van der Waals surface area contributed by atoms with Gasteiger partial charge in [-0.2, -0.15) is 0 Å². The Morgan fingerprint density at radius 2 is 1.43 bits per heavy atom. The van der Waals surface area contributed by atoms with E-state index in [9.17, 15) is 4.79 Å². The van der Waals surface area contributed by atoms with E-state index in [1.54, 1.807) is 23.5 Å². The molecule has 1 heterocycles. The average Bonchev–Trinajstić information content (AvgIpc) is 3.08. The van der Waals surface area contributed by atoms with Crippen LogP contribution in [0, 0.1) is 11.8 Å². The van der Waals surface area contributed by atoms with Gasteiger partial charge in [-0.05, 0) is 41.3 Å². The molecule has 0 unspecified atom stereocenters. The summed E-state index contributed by atoms with van der Waals surface area (Å²) in [5.74, 6) is 6.24. The molecule has 3 aromatic rings. The highest BCUT2D eigenvalue weighted by molar-refractivity contribution is 7.13. The molecule has 3 rings (SSSR count). The first-order valence-corrected chi connectivity index (χ1v) is 7.44. The van der Waals surface area contributed by atoms with E-state index in [2.05, 4.69) is 41.5 Å². The van der Waals surface area contributed by atoms with Gasteiger partial charge in [0.15, 0.2) is 0 Å². The molecule has 0 bridgehead atoms.